The molecule has 69 heavy (non-hydrogen) atoms. The topological polar surface area (TPSA) is 97.8 Å². The number of nitrogens with zero attached hydrogens (tertiary/aromatic N) is 2. The Hall–Kier alpha value is -5.80. The van der Waals surface area contributed by atoms with Crippen molar-refractivity contribution in [1.82, 2.24) is 0 Å². The number of ether oxygens (including phenoxy) is 4. The van der Waals surface area contributed by atoms with Crippen molar-refractivity contribution >= 4 is 23.2 Å². The summed E-state index contributed by atoms with van der Waals surface area (Å²) in [4.78, 5) is 31.5. The number of benzene rings is 5. The third-order valence-corrected chi connectivity index (χ3v) is 10.7. The molecule has 0 aromatic heterocycles. The predicted molar refractivity (Wildman–Crippen MR) is 294 cm³/mol. The summed E-state index contributed by atoms with van der Waals surface area (Å²) in [5, 5.41) is 10.0. The summed E-state index contributed by atoms with van der Waals surface area (Å²) in [6.45, 7) is 35.1. The van der Waals surface area contributed by atoms with Crippen LogP contribution in [-0.2, 0) is 32.5 Å². The Kier molecular flexibility index (Phi) is 30.1. The molecule has 2 amide bonds. The summed E-state index contributed by atoms with van der Waals surface area (Å²) >= 11 is 0. The number of hydrogen-bond donors (Lipinski definition) is 1. The van der Waals surface area contributed by atoms with Gasteiger partial charge in [-0.1, -0.05) is 127 Å². The lowest BCUT2D eigenvalue weighted by Gasteiger charge is -2.25. The minimum absolute atomic E-state index is 0. The second kappa shape index (κ2) is 32.9. The summed E-state index contributed by atoms with van der Waals surface area (Å²) in [6, 6.07) is 29.4. The number of rotatable bonds is 16. The van der Waals surface area contributed by atoms with Crippen molar-refractivity contribution in [3.8, 4) is 23.0 Å². The molecule has 0 atom stereocenters. The maximum absolute atomic E-state index is 13.9. The van der Waals surface area contributed by atoms with E-state index in [0.717, 1.165) is 57.6 Å². The van der Waals surface area contributed by atoms with Gasteiger partial charge in [-0.2, -0.15) is 0 Å². The minimum atomic E-state index is -0.824. The van der Waals surface area contributed by atoms with Crippen molar-refractivity contribution < 1.29 is 33.6 Å². The normalized spacial score (nSPS) is 10.7. The standard InChI is InChI=1S/C49H56N2O7.5C2H6.CH4/c1-9-36-16-12-14-18-42(36)50(11-3)47(53)40-22-33(5)44(23-32(40)4)56-29-34-24-35(26-39(25-34)58-49(6,7)31-52)30-57-46-27-37(10-2)41(28-45(46)55-8)48(54)51-21-20-38-17-13-15-19-43(38)51;5*1-2;/h12-19,22-28,52H,9-11,20-21,29-31H2,1-8H3;5*1-2H3;1H4. The first-order chi connectivity index (χ1) is 32.9. The molecular formula is C60H90N2O7. The number of fused-ring (bicyclic) bond motifs is 1. The smallest absolute Gasteiger partial charge is 0.258 e. The van der Waals surface area contributed by atoms with E-state index in [1.165, 1.54) is 5.56 Å². The van der Waals surface area contributed by atoms with Gasteiger partial charge in [0.15, 0.2) is 11.5 Å². The maximum atomic E-state index is 13.9. The molecular weight excluding hydrogens is 861 g/mol. The van der Waals surface area contributed by atoms with Gasteiger partial charge in [-0.3, -0.25) is 9.59 Å². The van der Waals surface area contributed by atoms with Crippen LogP contribution in [0.5, 0.6) is 23.0 Å². The highest BCUT2D eigenvalue weighted by Crippen LogP contribution is 2.36. The van der Waals surface area contributed by atoms with Gasteiger partial charge in [0.2, 0.25) is 0 Å². The van der Waals surface area contributed by atoms with E-state index < -0.39 is 5.60 Å². The number of carbonyl (C=O) groups is 2. The molecule has 0 saturated carbocycles. The van der Waals surface area contributed by atoms with Crippen molar-refractivity contribution in [2.75, 3.05) is 36.6 Å². The molecule has 5 aromatic rings. The van der Waals surface area contributed by atoms with Gasteiger partial charge in [0.25, 0.3) is 11.8 Å². The van der Waals surface area contributed by atoms with Crippen molar-refractivity contribution in [3.63, 3.8) is 0 Å². The third-order valence-electron chi connectivity index (χ3n) is 10.7. The second-order valence-electron chi connectivity index (χ2n) is 15.4. The zero-order valence-corrected chi connectivity index (χ0v) is 45.1. The average Bonchev–Trinajstić information content (AvgIpc) is 3.83. The van der Waals surface area contributed by atoms with E-state index in [9.17, 15) is 14.7 Å². The van der Waals surface area contributed by atoms with Crippen LogP contribution in [0.3, 0.4) is 0 Å². The largest absolute Gasteiger partial charge is 0.493 e. The summed E-state index contributed by atoms with van der Waals surface area (Å²) in [6.07, 6.45) is 2.29. The number of para-hydroxylation sites is 2. The van der Waals surface area contributed by atoms with Gasteiger partial charge in [0, 0.05) is 35.6 Å². The number of amides is 2. The van der Waals surface area contributed by atoms with Gasteiger partial charge in [-0.05, 0) is 147 Å². The van der Waals surface area contributed by atoms with Gasteiger partial charge < -0.3 is 33.9 Å². The maximum Gasteiger partial charge on any atom is 0.258 e. The minimum Gasteiger partial charge on any atom is -0.493 e. The molecule has 9 nitrogen and oxygen atoms in total. The Balaban J connectivity index is 0.00000395. The molecule has 1 aliphatic heterocycles. The second-order valence-corrected chi connectivity index (χ2v) is 15.4. The average molecular weight is 951 g/mol. The van der Waals surface area contributed by atoms with Crippen molar-refractivity contribution in [3.05, 3.63) is 141 Å². The lowest BCUT2D eigenvalue weighted by Crippen LogP contribution is -2.32. The summed E-state index contributed by atoms with van der Waals surface area (Å²) in [7, 11) is 1.57. The highest BCUT2D eigenvalue weighted by molar-refractivity contribution is 6.09. The van der Waals surface area contributed by atoms with Crippen molar-refractivity contribution in [1.29, 1.82) is 0 Å². The fraction of sp³-hybridized carbons (Fsp3) is 0.467. The Labute approximate surface area is 419 Å². The number of methoxy groups -OCH3 is 1. The van der Waals surface area contributed by atoms with E-state index >= 15 is 0 Å². The molecule has 0 fully saturated rings. The number of carbonyl (C=O) groups excluding carboxylic acids is 2. The summed E-state index contributed by atoms with van der Waals surface area (Å²) < 4.78 is 24.8. The third kappa shape index (κ3) is 17.0. The SMILES string of the molecule is C.CC.CC.CC.CC.CC.CCc1cc(OCc2cc(COc3cc(C)c(C(=O)N(CC)c4ccccc4CC)cc3C)cc(OC(C)(C)CO)c2)c(OC)cc1C(=O)N1CCc2ccccc21. The number of aliphatic hydroxyl groups is 1. The highest BCUT2D eigenvalue weighted by atomic mass is 16.5. The molecule has 0 spiro atoms. The van der Waals surface area contributed by atoms with Crippen LogP contribution in [-0.4, -0.2) is 49.3 Å². The van der Waals surface area contributed by atoms with Crippen LogP contribution < -0.4 is 28.7 Å². The van der Waals surface area contributed by atoms with Gasteiger partial charge in [0.05, 0.1) is 13.7 Å². The van der Waals surface area contributed by atoms with Gasteiger partial charge in [-0.25, -0.2) is 0 Å². The van der Waals surface area contributed by atoms with Crippen molar-refractivity contribution in [2.45, 2.75) is 163 Å². The Morgan fingerprint density at radius 2 is 1.23 bits per heavy atom. The molecule has 6 rings (SSSR count). The van der Waals surface area contributed by atoms with Crippen molar-refractivity contribution in [2.24, 2.45) is 0 Å². The van der Waals surface area contributed by atoms with Crippen LogP contribution in [0.2, 0.25) is 0 Å². The van der Waals surface area contributed by atoms with E-state index in [1.807, 2.05) is 193 Å². The van der Waals surface area contributed by atoms with E-state index in [2.05, 4.69) is 19.1 Å². The highest BCUT2D eigenvalue weighted by Gasteiger charge is 2.28. The first-order valence-corrected chi connectivity index (χ1v) is 25.2. The number of anilines is 2. The van der Waals surface area contributed by atoms with Crippen LogP contribution in [0.1, 0.15) is 171 Å². The molecule has 0 unspecified atom stereocenters. The summed E-state index contributed by atoms with van der Waals surface area (Å²) in [5.41, 5.74) is 8.79. The fourth-order valence-electron chi connectivity index (χ4n) is 7.51. The van der Waals surface area contributed by atoms with Crippen LogP contribution in [0.4, 0.5) is 11.4 Å². The Morgan fingerprint density at radius 3 is 1.80 bits per heavy atom. The van der Waals surface area contributed by atoms with Gasteiger partial charge in [-0.15, -0.1) is 0 Å². The molecule has 0 saturated heterocycles. The fourth-order valence-corrected chi connectivity index (χ4v) is 7.51. The predicted octanol–water partition coefficient (Wildman–Crippen LogP) is 15.4. The van der Waals surface area contributed by atoms with E-state index in [-0.39, 0.29) is 39.1 Å². The lowest BCUT2D eigenvalue weighted by molar-refractivity contribution is 0.0410. The number of aliphatic hydroxyl groups excluding tert-OH is 1. The van der Waals surface area contributed by atoms with E-state index in [4.69, 9.17) is 18.9 Å². The van der Waals surface area contributed by atoms with Crippen LogP contribution in [0.15, 0.2) is 91.0 Å². The molecule has 382 valence electrons. The first-order valence-electron chi connectivity index (χ1n) is 25.2. The Bertz CT molecular complexity index is 2280. The first kappa shape index (κ1) is 63.2. The molecule has 0 radical (unpaired) electrons. The molecule has 0 aliphatic carbocycles. The zero-order valence-electron chi connectivity index (χ0n) is 45.1. The number of aryl methyl sites for hydroxylation is 4. The number of hydrogen-bond acceptors (Lipinski definition) is 7. The van der Waals surface area contributed by atoms with Crippen LogP contribution >= 0.6 is 0 Å². The molecule has 1 heterocycles. The van der Waals surface area contributed by atoms with Crippen LogP contribution in [0, 0.1) is 13.8 Å². The molecule has 0 bridgehead atoms. The Morgan fingerprint density at radius 1 is 0.667 bits per heavy atom. The molecule has 1 aliphatic rings. The lowest BCUT2D eigenvalue weighted by atomic mass is 10.0. The van der Waals surface area contributed by atoms with Gasteiger partial charge >= 0.3 is 0 Å². The van der Waals surface area contributed by atoms with E-state index in [1.54, 1.807) is 13.2 Å². The zero-order chi connectivity index (χ0) is 51.6. The summed E-state index contributed by atoms with van der Waals surface area (Å²) in [5.74, 6) is 2.13. The molecule has 1 N–H and O–H groups in total. The molecule has 9 heteroatoms. The van der Waals surface area contributed by atoms with E-state index in [0.29, 0.717) is 53.6 Å². The van der Waals surface area contributed by atoms with Gasteiger partial charge in [0.1, 0.15) is 30.3 Å². The van der Waals surface area contributed by atoms with Crippen LogP contribution in [0.25, 0.3) is 0 Å². The quantitative estimate of drug-likeness (QED) is 0.105. The monoisotopic (exact) mass is 951 g/mol. The molecule has 5 aromatic carbocycles.